The van der Waals surface area contributed by atoms with Crippen molar-refractivity contribution in [3.63, 3.8) is 0 Å². The summed E-state index contributed by atoms with van der Waals surface area (Å²) in [6, 6.07) is 19.3. The first kappa shape index (κ1) is 26.8. The van der Waals surface area contributed by atoms with Crippen LogP contribution >= 0.6 is 0 Å². The maximum atomic E-state index is 13.5. The molecule has 0 saturated heterocycles. The quantitative estimate of drug-likeness (QED) is 0.210. The molecule has 2 aromatic heterocycles. The van der Waals surface area contributed by atoms with Crippen molar-refractivity contribution < 1.29 is 13.6 Å². The molecule has 7 heteroatoms. The topological polar surface area (TPSA) is 51.0 Å². The van der Waals surface area contributed by atoms with Crippen LogP contribution in [0, 0.1) is 11.8 Å². The summed E-state index contributed by atoms with van der Waals surface area (Å²) in [6.45, 7) is 2.23. The van der Waals surface area contributed by atoms with Crippen molar-refractivity contribution in [2.24, 2.45) is 11.8 Å². The average Bonchev–Trinajstić information content (AvgIpc) is 3.34. The summed E-state index contributed by atoms with van der Waals surface area (Å²) in [5, 5.41) is 0.944. The molecule has 0 N–H and O–H groups in total. The Balaban J connectivity index is 1.03. The van der Waals surface area contributed by atoms with E-state index < -0.39 is 6.43 Å². The van der Waals surface area contributed by atoms with Gasteiger partial charge in [0.05, 0.1) is 23.4 Å². The molecule has 3 heterocycles. The highest BCUT2D eigenvalue weighted by Gasteiger charge is 2.28. The minimum atomic E-state index is -2.42. The summed E-state index contributed by atoms with van der Waals surface area (Å²) in [4.78, 5) is 24.7. The Kier molecular flexibility index (Phi) is 8.00. The van der Waals surface area contributed by atoms with Crippen molar-refractivity contribution in [2.75, 3.05) is 13.1 Å². The molecule has 0 unspecified atom stereocenters. The molecule has 4 aromatic rings. The monoisotopic (exact) mass is 542 g/mol. The number of pyridine rings is 1. The fourth-order valence-electron chi connectivity index (χ4n) is 6.61. The number of rotatable bonds is 9. The molecule has 0 bridgehead atoms. The molecule has 6 rings (SSSR count). The summed E-state index contributed by atoms with van der Waals surface area (Å²) in [5.41, 5.74) is 4.45. The molecule has 1 fully saturated rings. The molecule has 0 radical (unpaired) electrons. The van der Waals surface area contributed by atoms with Gasteiger partial charge in [-0.1, -0.05) is 61.4 Å². The fraction of sp³-hybridized carbons (Fsp3) is 0.424. The van der Waals surface area contributed by atoms with E-state index in [2.05, 4.69) is 9.88 Å². The van der Waals surface area contributed by atoms with Gasteiger partial charge in [0.15, 0.2) is 5.78 Å². The highest BCUT2D eigenvalue weighted by molar-refractivity contribution is 6.07. The van der Waals surface area contributed by atoms with Gasteiger partial charge in [-0.3, -0.25) is 14.7 Å². The number of nitrogens with zero attached hydrogens (tertiary/aromatic N) is 4. The number of imidazole rings is 1. The maximum Gasteiger partial charge on any atom is 0.256 e. The van der Waals surface area contributed by atoms with Gasteiger partial charge in [-0.05, 0) is 49.8 Å². The number of benzene rings is 2. The van der Waals surface area contributed by atoms with E-state index >= 15 is 0 Å². The number of aromatic nitrogens is 3. The maximum absolute atomic E-state index is 13.5. The van der Waals surface area contributed by atoms with Crippen LogP contribution in [-0.4, -0.2) is 44.7 Å². The van der Waals surface area contributed by atoms with Crippen LogP contribution in [0.3, 0.4) is 0 Å². The van der Waals surface area contributed by atoms with E-state index in [0.717, 1.165) is 85.0 Å². The van der Waals surface area contributed by atoms with Crippen LogP contribution < -0.4 is 0 Å². The molecule has 0 spiro atoms. The molecular weight excluding hydrogens is 506 g/mol. The number of fused-ring (bicyclic) bond motifs is 2. The van der Waals surface area contributed by atoms with Crippen LogP contribution in [0.4, 0.5) is 8.78 Å². The van der Waals surface area contributed by atoms with Gasteiger partial charge >= 0.3 is 0 Å². The smallest absolute Gasteiger partial charge is 0.256 e. The molecule has 1 aliphatic heterocycles. The van der Waals surface area contributed by atoms with Crippen LogP contribution in [0.15, 0.2) is 66.9 Å². The average molecular weight is 543 g/mol. The molecule has 5 nitrogen and oxygen atoms in total. The third kappa shape index (κ3) is 5.85. The molecule has 1 saturated carbocycles. The fourth-order valence-corrected chi connectivity index (χ4v) is 6.61. The first-order valence-electron chi connectivity index (χ1n) is 14.6. The lowest BCUT2D eigenvalue weighted by atomic mass is 9.78. The molecular formula is C33H36F2N4O. The predicted octanol–water partition coefficient (Wildman–Crippen LogP) is 7.19. The van der Waals surface area contributed by atoms with E-state index in [1.807, 2.05) is 60.7 Å². The molecule has 0 amide bonds. The van der Waals surface area contributed by atoms with Gasteiger partial charge in [-0.2, -0.15) is 0 Å². The number of hydrogen-bond donors (Lipinski definition) is 0. The molecule has 208 valence electrons. The van der Waals surface area contributed by atoms with E-state index in [1.165, 1.54) is 0 Å². The second-order valence-corrected chi connectivity index (χ2v) is 11.4. The van der Waals surface area contributed by atoms with E-state index in [9.17, 15) is 13.6 Å². The molecule has 0 atom stereocenters. The summed E-state index contributed by atoms with van der Waals surface area (Å²) < 4.78 is 28.8. The normalized spacial score (nSPS) is 19.7. The van der Waals surface area contributed by atoms with Crippen molar-refractivity contribution in [3.8, 4) is 11.4 Å². The zero-order valence-electron chi connectivity index (χ0n) is 22.8. The Hall–Kier alpha value is -3.45. The standard InChI is InChI=1S/C33H36F2N4O/c34-32(35)22-39-30-21-38(19-16-29(30)37-33(39)25-6-2-1-3-7-25)18-15-23-11-13-24(14-12-23)20-31(40)27-8-4-10-28-26(27)9-5-17-36-28/h1-10,17,23-24,32H,11-16,18-22H2. The van der Waals surface area contributed by atoms with Crippen molar-refractivity contribution in [2.45, 2.75) is 64.5 Å². The van der Waals surface area contributed by atoms with Gasteiger partial charge in [-0.15, -0.1) is 0 Å². The third-order valence-electron chi connectivity index (χ3n) is 8.79. The van der Waals surface area contributed by atoms with Crippen LogP contribution in [-0.2, 0) is 19.5 Å². The summed E-state index contributed by atoms with van der Waals surface area (Å²) >= 11 is 0. The van der Waals surface area contributed by atoms with Gasteiger partial charge in [0, 0.05) is 48.6 Å². The van der Waals surface area contributed by atoms with Gasteiger partial charge in [0.1, 0.15) is 5.82 Å². The lowest BCUT2D eigenvalue weighted by Gasteiger charge is -2.32. The van der Waals surface area contributed by atoms with Crippen molar-refractivity contribution in [3.05, 3.63) is 83.8 Å². The summed E-state index contributed by atoms with van der Waals surface area (Å²) in [5.74, 6) is 1.97. The van der Waals surface area contributed by atoms with Gasteiger partial charge in [0.25, 0.3) is 6.43 Å². The van der Waals surface area contributed by atoms with E-state index in [4.69, 9.17) is 4.98 Å². The highest BCUT2D eigenvalue weighted by atomic mass is 19.3. The Bertz CT molecular complexity index is 1450. The lowest BCUT2D eigenvalue weighted by molar-refractivity contribution is 0.0940. The van der Waals surface area contributed by atoms with Crippen molar-refractivity contribution >= 4 is 16.7 Å². The molecule has 40 heavy (non-hydrogen) atoms. The number of alkyl halides is 2. The zero-order chi connectivity index (χ0) is 27.5. The Morgan fingerprint density at radius 3 is 2.55 bits per heavy atom. The van der Waals surface area contributed by atoms with Crippen LogP contribution in [0.25, 0.3) is 22.3 Å². The molecule has 2 aromatic carbocycles. The second kappa shape index (κ2) is 12.0. The minimum absolute atomic E-state index is 0.224. The van der Waals surface area contributed by atoms with Crippen LogP contribution in [0.5, 0.6) is 0 Å². The lowest BCUT2D eigenvalue weighted by Crippen LogP contribution is -2.34. The summed E-state index contributed by atoms with van der Waals surface area (Å²) in [6.07, 6.45) is 6.33. The zero-order valence-corrected chi connectivity index (χ0v) is 22.8. The van der Waals surface area contributed by atoms with Crippen LogP contribution in [0.2, 0.25) is 0 Å². The van der Waals surface area contributed by atoms with Gasteiger partial charge in [0.2, 0.25) is 0 Å². The third-order valence-corrected chi connectivity index (χ3v) is 8.79. The number of Topliss-reactive ketones (excluding diaryl/α,β-unsaturated/α-hetero) is 1. The Labute approximate surface area is 234 Å². The first-order chi connectivity index (χ1) is 19.5. The first-order valence-corrected chi connectivity index (χ1v) is 14.6. The van der Waals surface area contributed by atoms with Crippen molar-refractivity contribution in [1.82, 2.24) is 19.4 Å². The van der Waals surface area contributed by atoms with Gasteiger partial charge in [-0.25, -0.2) is 13.8 Å². The number of ketones is 1. The Morgan fingerprint density at radius 1 is 0.950 bits per heavy atom. The number of halogens is 2. The highest BCUT2D eigenvalue weighted by Crippen LogP contribution is 2.35. The summed E-state index contributed by atoms with van der Waals surface area (Å²) in [7, 11) is 0. The number of carbonyl (C=O) groups excluding carboxylic acids is 1. The Morgan fingerprint density at radius 2 is 1.75 bits per heavy atom. The van der Waals surface area contributed by atoms with Gasteiger partial charge < -0.3 is 4.57 Å². The second-order valence-electron chi connectivity index (χ2n) is 11.4. The van der Waals surface area contributed by atoms with Crippen molar-refractivity contribution in [1.29, 1.82) is 0 Å². The minimum Gasteiger partial charge on any atom is -0.321 e. The predicted molar refractivity (Wildman–Crippen MR) is 153 cm³/mol. The molecule has 2 aliphatic rings. The molecule has 1 aliphatic carbocycles. The largest absolute Gasteiger partial charge is 0.321 e. The van der Waals surface area contributed by atoms with E-state index in [-0.39, 0.29) is 12.3 Å². The number of carbonyl (C=O) groups is 1. The van der Waals surface area contributed by atoms with E-state index in [1.54, 1.807) is 10.8 Å². The SMILES string of the molecule is O=C(CC1CCC(CCN2CCc3nc(-c4ccccc4)n(CC(F)F)c3C2)CC1)c1cccc2ncccc12. The van der Waals surface area contributed by atoms with Crippen LogP contribution in [0.1, 0.15) is 60.3 Å². The van der Waals surface area contributed by atoms with E-state index in [0.29, 0.717) is 30.6 Å². The number of hydrogen-bond acceptors (Lipinski definition) is 4.